The quantitative estimate of drug-likeness (QED) is 0.540. The number of nitrogens with zero attached hydrogens (tertiary/aromatic N) is 3. The highest BCUT2D eigenvalue weighted by molar-refractivity contribution is 7.89. The van der Waals surface area contributed by atoms with Gasteiger partial charge in [0.2, 0.25) is 15.9 Å². The van der Waals surface area contributed by atoms with Crippen LogP contribution in [0.4, 0.5) is 10.1 Å². The molecule has 2 aromatic carbocycles. The zero-order chi connectivity index (χ0) is 24.9. The van der Waals surface area contributed by atoms with Crippen LogP contribution in [0.25, 0.3) is 0 Å². The minimum Gasteiger partial charge on any atom is -0.392 e. The van der Waals surface area contributed by atoms with Gasteiger partial charge in [-0.25, -0.2) is 22.7 Å². The Kier molecular flexibility index (Phi) is 6.32. The van der Waals surface area contributed by atoms with Crippen LogP contribution in [0, 0.1) is 19.7 Å². The van der Waals surface area contributed by atoms with E-state index in [1.54, 1.807) is 31.9 Å². The lowest BCUT2D eigenvalue weighted by Crippen LogP contribution is -2.48. The molecule has 34 heavy (non-hydrogen) atoms. The van der Waals surface area contributed by atoms with Crippen LogP contribution in [0.3, 0.4) is 0 Å². The van der Waals surface area contributed by atoms with E-state index in [4.69, 9.17) is 16.0 Å². The van der Waals surface area contributed by atoms with Gasteiger partial charge >= 0.3 is 5.76 Å². The first-order valence-electron chi connectivity index (χ1n) is 10.4. The molecule has 1 aliphatic heterocycles. The number of aliphatic hydroxyl groups excluding tert-OH is 1. The maximum atomic E-state index is 15.1. The number of rotatable bonds is 5. The van der Waals surface area contributed by atoms with Crippen molar-refractivity contribution in [3.05, 3.63) is 73.8 Å². The van der Waals surface area contributed by atoms with Crippen LogP contribution in [0.2, 0.25) is 5.02 Å². The van der Waals surface area contributed by atoms with E-state index in [0.717, 1.165) is 9.87 Å². The van der Waals surface area contributed by atoms with Crippen molar-refractivity contribution in [2.75, 3.05) is 18.6 Å². The number of benzene rings is 2. The van der Waals surface area contributed by atoms with Gasteiger partial charge in [0.25, 0.3) is 0 Å². The summed E-state index contributed by atoms with van der Waals surface area (Å²) in [6, 6.07) is 4.68. The maximum Gasteiger partial charge on any atom is 0.434 e. The minimum absolute atomic E-state index is 0.117. The summed E-state index contributed by atoms with van der Waals surface area (Å²) in [5, 5.41) is 16.2. The van der Waals surface area contributed by atoms with E-state index in [1.165, 1.54) is 18.2 Å². The Morgan fingerprint density at radius 3 is 2.65 bits per heavy atom. The topological polar surface area (TPSA) is 120 Å². The van der Waals surface area contributed by atoms with Crippen LogP contribution in [-0.2, 0) is 16.6 Å². The molecule has 3 aromatic rings. The molecule has 2 N–H and O–H groups in total. The molecule has 0 bridgehead atoms. The maximum absolute atomic E-state index is 15.1. The van der Waals surface area contributed by atoms with E-state index in [-0.39, 0.29) is 33.6 Å². The van der Waals surface area contributed by atoms with Crippen LogP contribution < -0.4 is 10.7 Å². The van der Waals surface area contributed by atoms with Crippen LogP contribution in [0.5, 0.6) is 0 Å². The fourth-order valence-electron chi connectivity index (χ4n) is 4.52. The number of aromatic amines is 1. The first-order chi connectivity index (χ1) is 16.0. The van der Waals surface area contributed by atoms with Gasteiger partial charge in [-0.1, -0.05) is 24.6 Å². The van der Waals surface area contributed by atoms with Crippen LogP contribution in [0.1, 0.15) is 47.0 Å². The van der Waals surface area contributed by atoms with E-state index in [0.29, 0.717) is 11.3 Å². The number of halogens is 2. The Hall–Kier alpha value is -2.73. The number of hydrogen-bond donors (Lipinski definition) is 2. The van der Waals surface area contributed by atoms with E-state index >= 15 is 4.39 Å². The van der Waals surface area contributed by atoms with Crippen LogP contribution >= 0.6 is 11.6 Å². The van der Waals surface area contributed by atoms with Gasteiger partial charge in [0, 0.05) is 23.6 Å². The van der Waals surface area contributed by atoms with Crippen LogP contribution in [0.15, 0.2) is 38.4 Å². The van der Waals surface area contributed by atoms with Crippen molar-refractivity contribution in [3.63, 3.8) is 0 Å². The van der Waals surface area contributed by atoms with E-state index < -0.39 is 40.2 Å². The molecular weight excluding hydrogens is 487 g/mol. The molecule has 12 heteroatoms. The first-order valence-corrected chi connectivity index (χ1v) is 12.3. The fourth-order valence-corrected chi connectivity index (χ4v) is 6.83. The molecule has 0 fully saturated rings. The highest BCUT2D eigenvalue weighted by Gasteiger charge is 2.45. The van der Waals surface area contributed by atoms with Gasteiger partial charge in [0.05, 0.1) is 19.0 Å². The van der Waals surface area contributed by atoms with Crippen molar-refractivity contribution in [3.8, 4) is 0 Å². The van der Waals surface area contributed by atoms with Gasteiger partial charge < -0.3 is 14.4 Å². The molecular formula is C22H24ClFN4O5S. The molecule has 0 spiro atoms. The number of hydrogen-bond acceptors (Lipinski definition) is 7. The summed E-state index contributed by atoms with van der Waals surface area (Å²) in [4.78, 5) is 13.3. The van der Waals surface area contributed by atoms with Gasteiger partial charge in [0.15, 0.2) is 0 Å². The van der Waals surface area contributed by atoms with Gasteiger partial charge in [-0.2, -0.15) is 4.31 Å². The largest absolute Gasteiger partial charge is 0.434 e. The van der Waals surface area contributed by atoms with Gasteiger partial charge in [-0.05, 0) is 48.7 Å². The van der Waals surface area contributed by atoms with Crippen molar-refractivity contribution in [1.29, 1.82) is 0 Å². The molecule has 0 radical (unpaired) electrons. The molecule has 0 aliphatic carbocycles. The summed E-state index contributed by atoms with van der Waals surface area (Å²) in [7, 11) is -2.60. The molecule has 1 aliphatic rings. The SMILES string of the molecule is Cc1ccc(F)c([C@@H](C)[C@@H](c2n[nH]c(=O)o2)N2CN(C)c3cc(Cl)cc(CO)c3S2(=O)=O)c1C. The zero-order valence-electron chi connectivity index (χ0n) is 19.0. The van der Waals surface area contributed by atoms with Crippen molar-refractivity contribution >= 4 is 27.3 Å². The lowest BCUT2D eigenvalue weighted by Gasteiger charge is -2.41. The number of sulfonamides is 1. The third-order valence-electron chi connectivity index (χ3n) is 6.29. The number of aromatic nitrogens is 2. The highest BCUT2D eigenvalue weighted by Crippen LogP contribution is 2.45. The number of nitrogens with one attached hydrogen (secondary N) is 1. The molecule has 2 heterocycles. The summed E-state index contributed by atoms with van der Waals surface area (Å²) >= 11 is 6.14. The van der Waals surface area contributed by atoms with Crippen molar-refractivity contribution in [2.24, 2.45) is 0 Å². The second-order valence-electron chi connectivity index (χ2n) is 8.39. The van der Waals surface area contributed by atoms with Gasteiger partial charge in [0.1, 0.15) is 16.8 Å². The first kappa shape index (κ1) is 24.4. The van der Waals surface area contributed by atoms with Crippen molar-refractivity contribution in [2.45, 2.75) is 44.2 Å². The number of fused-ring (bicyclic) bond motifs is 1. The molecule has 0 amide bonds. The molecule has 2 atom stereocenters. The summed E-state index contributed by atoms with van der Waals surface area (Å²) in [5.41, 5.74) is 2.21. The molecule has 0 saturated carbocycles. The minimum atomic E-state index is -4.27. The standard InChI is InChI=1S/C22H24ClFN4O5S/c1-11-5-6-16(24)18(12(11)2)13(3)19(21-25-26-22(30)33-21)28-10-27(4)17-8-15(23)7-14(9-29)20(17)34(28,31)32/h5-8,13,19,29H,9-10H2,1-4H3,(H,26,30)/t13-,19+/m1/s1. The summed E-state index contributed by atoms with van der Waals surface area (Å²) in [6.07, 6.45) is 0. The Balaban J connectivity index is 1.96. The monoisotopic (exact) mass is 510 g/mol. The third-order valence-corrected chi connectivity index (χ3v) is 8.46. The molecule has 0 saturated heterocycles. The summed E-state index contributed by atoms with van der Waals surface area (Å²) < 4.78 is 49.2. The second-order valence-corrected chi connectivity index (χ2v) is 10.7. The Labute approximate surface area is 200 Å². The molecule has 182 valence electrons. The average molecular weight is 511 g/mol. The lowest BCUT2D eigenvalue weighted by molar-refractivity contribution is 0.235. The van der Waals surface area contributed by atoms with Crippen molar-refractivity contribution in [1.82, 2.24) is 14.5 Å². The third kappa shape index (κ3) is 3.92. The number of anilines is 1. The fraction of sp³-hybridized carbons (Fsp3) is 0.364. The molecule has 4 rings (SSSR count). The predicted octanol–water partition coefficient (Wildman–Crippen LogP) is 3.21. The van der Waals surface area contributed by atoms with Gasteiger partial charge in [-0.3, -0.25) is 0 Å². The molecule has 9 nitrogen and oxygen atoms in total. The van der Waals surface area contributed by atoms with E-state index in [1.807, 2.05) is 6.92 Å². The normalized spacial score (nSPS) is 17.4. The molecule has 1 aromatic heterocycles. The van der Waals surface area contributed by atoms with Crippen molar-refractivity contribution < 1.29 is 22.3 Å². The number of aliphatic hydroxyl groups is 1. The second kappa shape index (κ2) is 8.81. The van der Waals surface area contributed by atoms with E-state index in [2.05, 4.69) is 10.2 Å². The van der Waals surface area contributed by atoms with Gasteiger partial charge in [-0.15, -0.1) is 5.10 Å². The van der Waals surface area contributed by atoms with Crippen LogP contribution in [-0.4, -0.2) is 41.7 Å². The van der Waals surface area contributed by atoms with E-state index in [9.17, 15) is 18.3 Å². The number of H-pyrrole nitrogens is 1. The number of aryl methyl sites for hydroxylation is 1. The summed E-state index contributed by atoms with van der Waals surface area (Å²) in [6.45, 7) is 4.52. The highest BCUT2D eigenvalue weighted by atomic mass is 35.5. The summed E-state index contributed by atoms with van der Waals surface area (Å²) in [5.74, 6) is -2.36. The predicted molar refractivity (Wildman–Crippen MR) is 124 cm³/mol. The Morgan fingerprint density at radius 2 is 2.03 bits per heavy atom. The zero-order valence-corrected chi connectivity index (χ0v) is 20.5. The Bertz CT molecular complexity index is 1420. The smallest absolute Gasteiger partial charge is 0.392 e. The Morgan fingerprint density at radius 1 is 1.32 bits per heavy atom. The molecule has 0 unspecified atom stereocenters. The lowest BCUT2D eigenvalue weighted by atomic mass is 9.87. The average Bonchev–Trinajstić information content (AvgIpc) is 3.20.